The molecule has 0 rings (SSSR count). The number of hydrogen-bond donors (Lipinski definition) is 2. The van der Waals surface area contributed by atoms with Crippen LogP contribution in [0.2, 0.25) is 0 Å². The highest BCUT2D eigenvalue weighted by Crippen LogP contribution is 2.66. The molecule has 218 valence electrons. The van der Waals surface area contributed by atoms with Crippen LogP contribution in [0, 0.1) is 0 Å². The molecular weight excluding hydrogens is 600 g/mol. The summed E-state index contributed by atoms with van der Waals surface area (Å²) in [6.07, 6.45) is -23.0. The van der Waals surface area contributed by atoms with Crippen LogP contribution in [-0.2, 0) is 9.09 Å². The fourth-order valence-electron chi connectivity index (χ4n) is 2.32. The molecule has 0 amide bonds. The third kappa shape index (κ3) is 5.07. The minimum atomic E-state index is -9.13. The van der Waals surface area contributed by atoms with E-state index in [0.29, 0.717) is 0 Å². The van der Waals surface area contributed by atoms with E-state index < -0.39 is 73.9 Å². The van der Waals surface area contributed by atoms with E-state index in [-0.39, 0.29) is 6.92 Å². The molecule has 36 heavy (non-hydrogen) atoms. The van der Waals surface area contributed by atoms with Gasteiger partial charge in [0.2, 0.25) is 0 Å². The van der Waals surface area contributed by atoms with Gasteiger partial charge in [0.1, 0.15) is 0 Å². The first-order valence-electron chi connectivity index (χ1n) is 7.93. The lowest BCUT2D eigenvalue weighted by atomic mass is 9.83. The lowest BCUT2D eigenvalue weighted by Gasteiger charge is -2.45. The van der Waals surface area contributed by atoms with Crippen molar-refractivity contribution >= 4 is 7.82 Å². The number of hydrogen-bond acceptors (Lipinski definition) is 2. The summed E-state index contributed by atoms with van der Waals surface area (Å²) in [4.78, 5) is 16.5. The largest absolute Gasteiger partial charge is 0.469 e. The third-order valence-electron chi connectivity index (χ3n) is 4.11. The molecule has 0 aromatic rings. The monoisotopic (exact) mass is 608 g/mol. The molecule has 24 heteroatoms. The summed E-state index contributed by atoms with van der Waals surface area (Å²) in [5, 5.41) is 0. The molecule has 0 heterocycles. The highest BCUT2D eigenvalue weighted by Gasteiger charge is 2.98. The van der Waals surface area contributed by atoms with Gasteiger partial charge in [-0.1, -0.05) is 0 Å². The highest BCUT2D eigenvalue weighted by atomic mass is 31.2. The van der Waals surface area contributed by atoms with Gasteiger partial charge in [0.15, 0.2) is 0 Å². The van der Waals surface area contributed by atoms with Crippen molar-refractivity contribution in [3.8, 4) is 0 Å². The smallest absolute Gasteiger partial charge is 0.303 e. The van der Waals surface area contributed by atoms with Gasteiger partial charge in [0.05, 0.1) is 6.10 Å². The van der Waals surface area contributed by atoms with Gasteiger partial charge in [-0.3, -0.25) is 4.52 Å². The fraction of sp³-hybridized carbons (Fsp3) is 1.00. The second-order valence-electron chi connectivity index (χ2n) is 6.84. The maximum atomic E-state index is 13.6. The van der Waals surface area contributed by atoms with Crippen LogP contribution in [0.25, 0.3) is 0 Å². The quantitative estimate of drug-likeness (QED) is 0.219. The summed E-state index contributed by atoms with van der Waals surface area (Å²) in [7, 11) is -5.92. The Labute approximate surface area is 184 Å². The van der Waals surface area contributed by atoms with E-state index in [0.717, 1.165) is 0 Å². The molecule has 0 aromatic heterocycles. The zero-order valence-corrected chi connectivity index (χ0v) is 17.0. The van der Waals surface area contributed by atoms with Crippen molar-refractivity contribution in [3.63, 3.8) is 0 Å². The first-order chi connectivity index (χ1) is 15.1. The van der Waals surface area contributed by atoms with E-state index in [1.54, 1.807) is 0 Å². The lowest BCUT2D eigenvalue weighted by molar-refractivity contribution is -0.472. The third-order valence-corrected chi connectivity index (χ3v) is 4.75. The lowest BCUT2D eigenvalue weighted by Crippen LogP contribution is -2.77. The van der Waals surface area contributed by atoms with Gasteiger partial charge in [-0.2, -0.15) is 79.0 Å². The number of alkyl halides is 19. The molecule has 1 unspecified atom stereocenters. The Morgan fingerprint density at radius 3 is 1.14 bits per heavy atom. The van der Waals surface area contributed by atoms with Crippen LogP contribution in [0.1, 0.15) is 13.3 Å². The van der Waals surface area contributed by atoms with Gasteiger partial charge >= 0.3 is 61.4 Å². The Bertz CT molecular complexity index is 826. The van der Waals surface area contributed by atoms with Crippen LogP contribution in [-0.4, -0.2) is 69.4 Å². The first kappa shape index (κ1) is 34.8. The number of halogens is 19. The summed E-state index contributed by atoms with van der Waals surface area (Å²) in [5.41, 5.74) is -8.82. The maximum absolute atomic E-state index is 13.6. The zero-order chi connectivity index (χ0) is 30.0. The summed E-state index contributed by atoms with van der Waals surface area (Å²) in [6, 6.07) is 0. The molecule has 0 aliphatic rings. The predicted molar refractivity (Wildman–Crippen MR) is 72.8 cm³/mol. The first-order valence-corrected chi connectivity index (χ1v) is 9.46. The van der Waals surface area contributed by atoms with Crippen molar-refractivity contribution in [2.45, 2.75) is 73.0 Å². The van der Waals surface area contributed by atoms with Gasteiger partial charge in [0.25, 0.3) is 0 Å². The average Bonchev–Trinajstić information content (AvgIpc) is 2.55. The fourth-order valence-corrected chi connectivity index (χ4v) is 2.86. The van der Waals surface area contributed by atoms with E-state index in [9.17, 15) is 88.0 Å². The van der Waals surface area contributed by atoms with E-state index in [4.69, 9.17) is 9.79 Å². The Kier molecular flexibility index (Phi) is 8.62. The van der Waals surface area contributed by atoms with Crippen molar-refractivity contribution < 1.29 is 102 Å². The molecule has 0 saturated heterocycles. The van der Waals surface area contributed by atoms with Gasteiger partial charge in [-0.15, -0.1) is 0 Å². The van der Waals surface area contributed by atoms with Crippen molar-refractivity contribution in [1.82, 2.24) is 0 Å². The normalized spacial score (nSPS) is 17.4. The van der Waals surface area contributed by atoms with Crippen molar-refractivity contribution in [1.29, 1.82) is 0 Å². The highest BCUT2D eigenvalue weighted by molar-refractivity contribution is 7.46. The van der Waals surface area contributed by atoms with Crippen LogP contribution in [0.15, 0.2) is 0 Å². The van der Waals surface area contributed by atoms with Crippen LogP contribution < -0.4 is 0 Å². The van der Waals surface area contributed by atoms with Gasteiger partial charge in [-0.05, 0) is 6.92 Å². The molecule has 0 radical (unpaired) electrons. The Morgan fingerprint density at radius 1 is 0.583 bits per heavy atom. The van der Waals surface area contributed by atoms with Crippen LogP contribution in [0.4, 0.5) is 83.4 Å². The standard InChI is InChI=1S/C12H8F19O4P/c1-3(35-36(32,33)34)2-4(13,14)6(16,17)8(20,21)10(24,25)9(22,23)7(18,19)5(15,11(26,27)28)12(29,30)31/h3H,2H2,1H3,(H2,32,33,34). The summed E-state index contributed by atoms with van der Waals surface area (Å²) in [6.45, 7) is -0.0494. The molecule has 0 spiro atoms. The number of rotatable bonds is 10. The summed E-state index contributed by atoms with van der Waals surface area (Å²) in [5.74, 6) is -51.0. The van der Waals surface area contributed by atoms with Crippen molar-refractivity contribution in [2.75, 3.05) is 0 Å². The van der Waals surface area contributed by atoms with E-state index in [2.05, 4.69) is 4.52 Å². The molecule has 0 saturated carbocycles. The van der Waals surface area contributed by atoms with Crippen LogP contribution in [0.3, 0.4) is 0 Å². The average molecular weight is 608 g/mol. The van der Waals surface area contributed by atoms with Crippen molar-refractivity contribution in [2.24, 2.45) is 0 Å². The Balaban J connectivity index is 6.91. The minimum absolute atomic E-state index is 0.0494. The zero-order valence-electron chi connectivity index (χ0n) is 16.1. The SMILES string of the molecule is CC(CC(F)(F)C(F)(F)C(F)(F)C(F)(F)C(F)(F)C(F)(F)C(F)(C(F)(F)F)C(F)(F)F)OP(=O)(O)O. The molecule has 0 aliphatic heterocycles. The molecule has 4 nitrogen and oxygen atoms in total. The second-order valence-corrected chi connectivity index (χ2v) is 8.03. The predicted octanol–water partition coefficient (Wildman–Crippen LogP) is 6.52. The van der Waals surface area contributed by atoms with Crippen LogP contribution >= 0.6 is 7.82 Å². The molecular formula is C12H8F19O4P. The number of phosphoric ester groups is 1. The molecule has 2 N–H and O–H groups in total. The Hall–Kier alpha value is -1.22. The molecule has 0 aromatic carbocycles. The van der Waals surface area contributed by atoms with E-state index >= 15 is 0 Å². The number of phosphoric acid groups is 1. The molecule has 0 fully saturated rings. The summed E-state index contributed by atoms with van der Waals surface area (Å²) < 4.78 is 264. The van der Waals surface area contributed by atoms with Crippen LogP contribution in [0.5, 0.6) is 0 Å². The minimum Gasteiger partial charge on any atom is -0.303 e. The molecule has 0 aliphatic carbocycles. The van der Waals surface area contributed by atoms with Crippen molar-refractivity contribution in [3.05, 3.63) is 0 Å². The molecule has 1 atom stereocenters. The second kappa shape index (κ2) is 8.92. The van der Waals surface area contributed by atoms with Gasteiger partial charge in [0, 0.05) is 6.42 Å². The topological polar surface area (TPSA) is 66.8 Å². The van der Waals surface area contributed by atoms with E-state index in [1.807, 2.05) is 0 Å². The molecule has 0 bridgehead atoms. The summed E-state index contributed by atoms with van der Waals surface area (Å²) >= 11 is 0. The van der Waals surface area contributed by atoms with Gasteiger partial charge in [-0.25, -0.2) is 8.96 Å². The van der Waals surface area contributed by atoms with E-state index in [1.165, 1.54) is 0 Å². The van der Waals surface area contributed by atoms with Gasteiger partial charge < -0.3 is 9.79 Å². The Morgan fingerprint density at radius 2 is 0.861 bits per heavy atom. The maximum Gasteiger partial charge on any atom is 0.469 e.